The van der Waals surface area contributed by atoms with E-state index in [2.05, 4.69) is 193 Å². The Labute approximate surface area is 290 Å². The van der Waals surface area contributed by atoms with Gasteiger partial charge < -0.3 is 9.32 Å². The van der Waals surface area contributed by atoms with Crippen molar-refractivity contribution < 1.29 is 4.42 Å². The summed E-state index contributed by atoms with van der Waals surface area (Å²) < 4.78 is 6.77. The molecule has 0 unspecified atom stereocenters. The number of anilines is 3. The molecule has 0 atom stereocenters. The average molecular weight is 638 g/mol. The normalized spacial score (nSPS) is 11.6. The first kappa shape index (κ1) is 28.4. The van der Waals surface area contributed by atoms with Crippen LogP contribution in [0.4, 0.5) is 17.1 Å². The van der Waals surface area contributed by atoms with Gasteiger partial charge in [-0.3, -0.25) is 0 Å². The van der Waals surface area contributed by atoms with Crippen molar-refractivity contribution in [2.75, 3.05) is 4.90 Å². The molecule has 0 spiro atoms. The Morgan fingerprint density at radius 3 is 1.64 bits per heavy atom. The van der Waals surface area contributed by atoms with Crippen molar-refractivity contribution in [1.29, 1.82) is 0 Å². The van der Waals surface area contributed by atoms with E-state index in [-0.39, 0.29) is 0 Å². The maximum atomic E-state index is 6.77. The zero-order valence-electron chi connectivity index (χ0n) is 27.3. The molecular weight excluding hydrogens is 607 g/mol. The molecule has 0 bridgehead atoms. The molecule has 0 saturated heterocycles. The summed E-state index contributed by atoms with van der Waals surface area (Å²) in [6.07, 6.45) is 0. The van der Waals surface area contributed by atoms with E-state index in [4.69, 9.17) is 4.42 Å². The third kappa shape index (κ3) is 4.57. The fourth-order valence-electron chi connectivity index (χ4n) is 7.70. The molecule has 10 aromatic rings. The van der Waals surface area contributed by atoms with Crippen LogP contribution in [-0.2, 0) is 0 Å². The number of fused-ring (bicyclic) bond motifs is 7. The SMILES string of the molecule is c1ccc(N(c2ccc(-c3cccc4ccccc34)cc2)c2ccc3oc4c5ccccc5cc(-c5cccc6ccccc56)c4c3c2)cc1. The lowest BCUT2D eigenvalue weighted by Gasteiger charge is -2.26. The van der Waals surface area contributed by atoms with Crippen LogP contribution < -0.4 is 4.90 Å². The highest BCUT2D eigenvalue weighted by molar-refractivity contribution is 6.23. The first-order chi connectivity index (χ1) is 24.8. The van der Waals surface area contributed by atoms with Gasteiger partial charge in [-0.05, 0) is 97.7 Å². The summed E-state index contributed by atoms with van der Waals surface area (Å²) >= 11 is 0. The van der Waals surface area contributed by atoms with Crippen LogP contribution in [0.2, 0.25) is 0 Å². The van der Waals surface area contributed by atoms with Gasteiger partial charge in [0.15, 0.2) is 0 Å². The van der Waals surface area contributed by atoms with Crippen LogP contribution in [0.3, 0.4) is 0 Å². The summed E-state index contributed by atoms with van der Waals surface area (Å²) in [6, 6.07) is 67.4. The summed E-state index contributed by atoms with van der Waals surface area (Å²) in [5.74, 6) is 0. The monoisotopic (exact) mass is 637 g/mol. The van der Waals surface area contributed by atoms with E-state index in [9.17, 15) is 0 Å². The number of nitrogens with zero attached hydrogens (tertiary/aromatic N) is 1. The van der Waals surface area contributed by atoms with Crippen molar-refractivity contribution in [3.05, 3.63) is 188 Å². The van der Waals surface area contributed by atoms with Crippen molar-refractivity contribution in [3.63, 3.8) is 0 Å². The number of furan rings is 1. The van der Waals surface area contributed by atoms with E-state index >= 15 is 0 Å². The standard InChI is InChI=1S/C48H31NO/c1-2-17-36(18-3-1)49(37-26-24-34(25-27-37)40-22-10-15-32-12-4-7-19-39(32)40)38-28-29-46-45(31-38)47-44(30-35-14-6-9-21-42(35)48(47)50-46)43-23-11-16-33-13-5-8-20-41(33)43/h1-31H. The number of rotatable bonds is 5. The molecule has 0 radical (unpaired) electrons. The third-order valence-corrected chi connectivity index (χ3v) is 10.0. The van der Waals surface area contributed by atoms with Crippen molar-refractivity contribution in [3.8, 4) is 22.3 Å². The summed E-state index contributed by atoms with van der Waals surface area (Å²) in [4.78, 5) is 2.34. The molecule has 2 nitrogen and oxygen atoms in total. The minimum atomic E-state index is 0.876. The highest BCUT2D eigenvalue weighted by Crippen LogP contribution is 2.45. The smallest absolute Gasteiger partial charge is 0.143 e. The highest BCUT2D eigenvalue weighted by atomic mass is 16.3. The second-order valence-corrected chi connectivity index (χ2v) is 12.9. The zero-order valence-corrected chi connectivity index (χ0v) is 27.3. The van der Waals surface area contributed by atoms with Crippen LogP contribution in [0.15, 0.2) is 192 Å². The van der Waals surface area contributed by atoms with Gasteiger partial charge in [0, 0.05) is 33.2 Å². The second-order valence-electron chi connectivity index (χ2n) is 12.9. The van der Waals surface area contributed by atoms with Gasteiger partial charge in [-0.15, -0.1) is 0 Å². The Kier molecular flexibility index (Phi) is 6.53. The molecule has 234 valence electrons. The average Bonchev–Trinajstić information content (AvgIpc) is 3.57. The minimum absolute atomic E-state index is 0.876. The first-order valence-electron chi connectivity index (χ1n) is 17.1. The lowest BCUT2D eigenvalue weighted by molar-refractivity contribution is 0.673. The Morgan fingerprint density at radius 1 is 0.340 bits per heavy atom. The van der Waals surface area contributed by atoms with Gasteiger partial charge in [-0.2, -0.15) is 0 Å². The first-order valence-corrected chi connectivity index (χ1v) is 17.1. The van der Waals surface area contributed by atoms with Gasteiger partial charge in [0.05, 0.1) is 0 Å². The quantitative estimate of drug-likeness (QED) is 0.187. The van der Waals surface area contributed by atoms with Crippen molar-refractivity contribution in [2.24, 2.45) is 0 Å². The van der Waals surface area contributed by atoms with Crippen molar-refractivity contribution >= 4 is 71.3 Å². The Morgan fingerprint density at radius 2 is 0.900 bits per heavy atom. The van der Waals surface area contributed by atoms with E-state index in [1.54, 1.807) is 0 Å². The Hall–Kier alpha value is -6.64. The number of hydrogen-bond donors (Lipinski definition) is 0. The van der Waals surface area contributed by atoms with Gasteiger partial charge >= 0.3 is 0 Å². The van der Waals surface area contributed by atoms with Gasteiger partial charge in [0.1, 0.15) is 11.2 Å². The van der Waals surface area contributed by atoms with Gasteiger partial charge in [0.25, 0.3) is 0 Å². The molecule has 0 N–H and O–H groups in total. The molecule has 50 heavy (non-hydrogen) atoms. The summed E-state index contributed by atoms with van der Waals surface area (Å²) in [5.41, 5.74) is 9.87. The summed E-state index contributed by atoms with van der Waals surface area (Å²) in [7, 11) is 0. The molecule has 1 aromatic heterocycles. The maximum Gasteiger partial charge on any atom is 0.143 e. The number of benzene rings is 9. The summed E-state index contributed by atoms with van der Waals surface area (Å²) in [6.45, 7) is 0. The van der Waals surface area contributed by atoms with Crippen LogP contribution in [0.1, 0.15) is 0 Å². The summed E-state index contributed by atoms with van der Waals surface area (Å²) in [5, 5.41) is 9.48. The molecule has 0 saturated carbocycles. The molecule has 10 rings (SSSR count). The van der Waals surface area contributed by atoms with Crippen molar-refractivity contribution in [1.82, 2.24) is 0 Å². The molecule has 1 heterocycles. The molecule has 0 aliphatic rings. The van der Waals surface area contributed by atoms with E-state index in [0.29, 0.717) is 0 Å². The van der Waals surface area contributed by atoms with Crippen LogP contribution in [0, 0.1) is 0 Å². The fraction of sp³-hybridized carbons (Fsp3) is 0. The lowest BCUT2D eigenvalue weighted by atomic mass is 9.92. The van der Waals surface area contributed by atoms with Gasteiger partial charge in [-0.25, -0.2) is 0 Å². The van der Waals surface area contributed by atoms with Crippen LogP contribution in [-0.4, -0.2) is 0 Å². The Balaban J connectivity index is 1.19. The highest BCUT2D eigenvalue weighted by Gasteiger charge is 2.20. The predicted octanol–water partition coefficient (Wildman–Crippen LogP) is 13.8. The van der Waals surface area contributed by atoms with E-state index in [1.807, 2.05) is 0 Å². The molecular formula is C48H31NO. The molecule has 0 aliphatic heterocycles. The van der Waals surface area contributed by atoms with Crippen LogP contribution in [0.25, 0.3) is 76.5 Å². The van der Waals surface area contributed by atoms with Crippen molar-refractivity contribution in [2.45, 2.75) is 0 Å². The number of para-hydroxylation sites is 1. The fourth-order valence-corrected chi connectivity index (χ4v) is 7.70. The van der Waals surface area contributed by atoms with Crippen LogP contribution >= 0.6 is 0 Å². The van der Waals surface area contributed by atoms with Crippen LogP contribution in [0.5, 0.6) is 0 Å². The largest absolute Gasteiger partial charge is 0.455 e. The van der Waals surface area contributed by atoms with Gasteiger partial charge in [0.2, 0.25) is 0 Å². The Bertz CT molecular complexity index is 2860. The molecule has 2 heteroatoms. The molecule has 0 fully saturated rings. The topological polar surface area (TPSA) is 16.4 Å². The van der Waals surface area contributed by atoms with E-state index in [0.717, 1.165) is 44.4 Å². The predicted molar refractivity (Wildman–Crippen MR) is 212 cm³/mol. The third-order valence-electron chi connectivity index (χ3n) is 10.0. The molecule has 0 amide bonds. The van der Waals surface area contributed by atoms with Gasteiger partial charge in [-0.1, -0.05) is 140 Å². The zero-order chi connectivity index (χ0) is 33.0. The maximum absolute atomic E-state index is 6.77. The number of hydrogen-bond acceptors (Lipinski definition) is 2. The minimum Gasteiger partial charge on any atom is -0.455 e. The molecule has 9 aromatic carbocycles. The van der Waals surface area contributed by atoms with E-state index < -0.39 is 0 Å². The second kappa shape index (κ2) is 11.5. The lowest BCUT2D eigenvalue weighted by Crippen LogP contribution is -2.09. The van der Waals surface area contributed by atoms with E-state index in [1.165, 1.54) is 49.2 Å². The molecule has 0 aliphatic carbocycles.